The lowest BCUT2D eigenvalue weighted by Crippen LogP contribution is -2.23. The highest BCUT2D eigenvalue weighted by Crippen LogP contribution is 2.25. The summed E-state index contributed by atoms with van der Waals surface area (Å²) in [5.41, 5.74) is 9.66. The maximum Gasteiger partial charge on any atom is 0.300 e. The minimum atomic E-state index is -0.833. The largest absolute Gasteiger partial charge is 0.481 e. The van der Waals surface area contributed by atoms with Crippen LogP contribution in [0.25, 0.3) is 0 Å². The van der Waals surface area contributed by atoms with Gasteiger partial charge in [-0.05, 0) is 35.4 Å². The zero-order valence-electron chi connectivity index (χ0n) is 16.0. The number of hydrogen-bond acceptors (Lipinski definition) is 3. The lowest BCUT2D eigenvalue weighted by atomic mass is 9.99. The van der Waals surface area contributed by atoms with E-state index in [-0.39, 0.29) is 6.04 Å². The van der Waals surface area contributed by atoms with E-state index in [1.807, 2.05) is 60.7 Å². The zero-order valence-corrected chi connectivity index (χ0v) is 16.0. The number of aliphatic carboxylic acids is 1. The summed E-state index contributed by atoms with van der Waals surface area (Å²) in [6, 6.07) is 29.1. The summed E-state index contributed by atoms with van der Waals surface area (Å²) in [4.78, 5) is 13.7. The van der Waals surface area contributed by atoms with E-state index < -0.39 is 5.97 Å². The van der Waals surface area contributed by atoms with Crippen molar-refractivity contribution in [3.05, 3.63) is 102 Å². The highest BCUT2D eigenvalue weighted by Gasteiger charge is 2.13. The van der Waals surface area contributed by atoms with E-state index in [1.165, 1.54) is 0 Å². The first-order valence-electron chi connectivity index (χ1n) is 8.89. The molecule has 0 aromatic heterocycles. The van der Waals surface area contributed by atoms with Crippen molar-refractivity contribution in [2.75, 3.05) is 5.32 Å². The molecule has 3 aromatic rings. The first-order chi connectivity index (χ1) is 14.0. The third-order valence-electron chi connectivity index (χ3n) is 3.79. The Morgan fingerprint density at radius 3 is 1.83 bits per heavy atom. The maximum atomic E-state index is 9.00. The van der Waals surface area contributed by atoms with Gasteiger partial charge < -0.3 is 16.2 Å². The topological polar surface area (TPSA) is 111 Å². The quantitative estimate of drug-likeness (QED) is 0.460. The van der Waals surface area contributed by atoms with Crippen LogP contribution in [0.2, 0.25) is 0 Å². The number of carboxylic acids is 1. The molecular weight excluding hydrogens is 364 g/mol. The summed E-state index contributed by atoms with van der Waals surface area (Å²) >= 11 is 0. The van der Waals surface area contributed by atoms with Gasteiger partial charge >= 0.3 is 0 Å². The van der Waals surface area contributed by atoms with E-state index in [1.54, 1.807) is 24.3 Å². The zero-order chi connectivity index (χ0) is 21.1. The second-order valence-electron chi connectivity index (χ2n) is 6.07. The van der Waals surface area contributed by atoms with Crippen molar-refractivity contribution < 1.29 is 9.90 Å². The van der Waals surface area contributed by atoms with Gasteiger partial charge in [-0.1, -0.05) is 60.7 Å². The van der Waals surface area contributed by atoms with Crippen LogP contribution in [0.5, 0.6) is 0 Å². The molecule has 0 unspecified atom stereocenters. The van der Waals surface area contributed by atoms with Crippen LogP contribution in [-0.4, -0.2) is 17.0 Å². The van der Waals surface area contributed by atoms with Crippen molar-refractivity contribution in [2.24, 2.45) is 10.7 Å². The van der Waals surface area contributed by atoms with Crippen molar-refractivity contribution in [1.82, 2.24) is 0 Å². The summed E-state index contributed by atoms with van der Waals surface area (Å²) in [5.74, 6) is -0.512. The average Bonchev–Trinajstić information content (AvgIpc) is 2.73. The van der Waals surface area contributed by atoms with Crippen molar-refractivity contribution in [1.29, 1.82) is 5.26 Å². The molecule has 0 atom stereocenters. The first kappa shape index (κ1) is 21.2. The summed E-state index contributed by atoms with van der Waals surface area (Å²) in [6.07, 6.45) is 0. The normalized spacial score (nSPS) is 10.4. The number of hydrogen-bond donors (Lipinski definition) is 3. The van der Waals surface area contributed by atoms with Crippen LogP contribution in [0.4, 0.5) is 5.69 Å². The van der Waals surface area contributed by atoms with Gasteiger partial charge in [-0.15, -0.1) is 0 Å². The molecule has 0 aliphatic heterocycles. The molecule has 0 heterocycles. The first-order valence-corrected chi connectivity index (χ1v) is 8.89. The lowest BCUT2D eigenvalue weighted by Gasteiger charge is -2.15. The Hall–Kier alpha value is -4.11. The number of nitrogens with one attached hydrogen (secondary N) is 1. The number of carbonyl (C=O) groups is 1. The molecule has 29 heavy (non-hydrogen) atoms. The third-order valence-corrected chi connectivity index (χ3v) is 3.79. The van der Waals surface area contributed by atoms with Crippen LogP contribution >= 0.6 is 0 Å². The molecule has 3 aromatic carbocycles. The summed E-state index contributed by atoms with van der Waals surface area (Å²) in [6.45, 7) is 1.08. The highest BCUT2D eigenvalue weighted by atomic mass is 16.4. The SMILES string of the molecule is CC(=O)O.N#Cc1ccc(NC(N)=NC(c2ccccc2)c2ccccc2)cc1. The van der Waals surface area contributed by atoms with Crippen molar-refractivity contribution >= 4 is 17.6 Å². The monoisotopic (exact) mass is 386 g/mol. The van der Waals surface area contributed by atoms with Crippen LogP contribution in [0.1, 0.15) is 29.7 Å². The molecule has 6 nitrogen and oxygen atoms in total. The van der Waals surface area contributed by atoms with Crippen LogP contribution < -0.4 is 11.1 Å². The number of carboxylic acid groups (broad SMARTS) is 1. The molecule has 0 radical (unpaired) electrons. The summed E-state index contributed by atoms with van der Waals surface area (Å²) in [7, 11) is 0. The predicted molar refractivity (Wildman–Crippen MR) is 114 cm³/mol. The smallest absolute Gasteiger partial charge is 0.300 e. The Kier molecular flexibility index (Phi) is 7.96. The van der Waals surface area contributed by atoms with Gasteiger partial charge in [0.2, 0.25) is 0 Å². The van der Waals surface area contributed by atoms with Crippen LogP contribution in [0, 0.1) is 11.3 Å². The van der Waals surface area contributed by atoms with E-state index >= 15 is 0 Å². The van der Waals surface area contributed by atoms with Gasteiger partial charge in [0.25, 0.3) is 5.97 Å². The van der Waals surface area contributed by atoms with Gasteiger partial charge in [-0.2, -0.15) is 5.26 Å². The molecular formula is C23H22N4O2. The Balaban J connectivity index is 0.000000687. The molecule has 4 N–H and O–H groups in total. The average molecular weight is 386 g/mol. The molecule has 0 amide bonds. The molecule has 3 rings (SSSR count). The summed E-state index contributed by atoms with van der Waals surface area (Å²) < 4.78 is 0. The number of anilines is 1. The van der Waals surface area contributed by atoms with Gasteiger partial charge in [0.1, 0.15) is 6.04 Å². The van der Waals surface area contributed by atoms with Gasteiger partial charge in [-0.25, -0.2) is 4.99 Å². The van der Waals surface area contributed by atoms with E-state index in [9.17, 15) is 0 Å². The van der Waals surface area contributed by atoms with E-state index in [0.29, 0.717) is 11.5 Å². The fourth-order valence-electron chi connectivity index (χ4n) is 2.56. The highest BCUT2D eigenvalue weighted by molar-refractivity contribution is 5.92. The molecule has 0 spiro atoms. The van der Waals surface area contributed by atoms with Crippen LogP contribution in [0.15, 0.2) is 89.9 Å². The number of benzene rings is 3. The second-order valence-corrected chi connectivity index (χ2v) is 6.07. The Labute approximate surface area is 170 Å². The number of nitrogens with two attached hydrogens (primary N) is 1. The Morgan fingerprint density at radius 2 is 1.41 bits per heavy atom. The molecule has 0 bridgehead atoms. The van der Waals surface area contributed by atoms with Crippen molar-refractivity contribution in [2.45, 2.75) is 13.0 Å². The second kappa shape index (κ2) is 10.9. The number of guanidine groups is 1. The standard InChI is InChI=1S/C21H18N4.C2H4O2/c22-15-16-11-13-19(14-12-16)24-21(23)25-20(17-7-3-1-4-8-17)18-9-5-2-6-10-18;1-2(3)4/h1-14,20H,(H3,23,24,25);1H3,(H,3,4). The molecule has 6 heteroatoms. The number of nitriles is 1. The van der Waals surface area contributed by atoms with E-state index in [4.69, 9.17) is 20.9 Å². The minimum absolute atomic E-state index is 0.187. The maximum absolute atomic E-state index is 9.00. The number of aliphatic imine (C=N–C) groups is 1. The fraction of sp³-hybridized carbons (Fsp3) is 0.0870. The van der Waals surface area contributed by atoms with Crippen molar-refractivity contribution in [3.8, 4) is 6.07 Å². The van der Waals surface area contributed by atoms with Crippen molar-refractivity contribution in [3.63, 3.8) is 0 Å². The fourth-order valence-corrected chi connectivity index (χ4v) is 2.56. The van der Waals surface area contributed by atoms with Gasteiger partial charge in [0.15, 0.2) is 5.96 Å². The van der Waals surface area contributed by atoms with Crippen LogP contribution in [-0.2, 0) is 4.79 Å². The minimum Gasteiger partial charge on any atom is -0.481 e. The third kappa shape index (κ3) is 7.19. The number of rotatable bonds is 4. The molecule has 0 saturated heterocycles. The van der Waals surface area contributed by atoms with Gasteiger partial charge in [0, 0.05) is 12.6 Å². The van der Waals surface area contributed by atoms with E-state index in [2.05, 4.69) is 16.4 Å². The molecule has 0 aliphatic rings. The Morgan fingerprint density at radius 1 is 0.966 bits per heavy atom. The molecule has 146 valence electrons. The van der Waals surface area contributed by atoms with Crippen LogP contribution in [0.3, 0.4) is 0 Å². The molecule has 0 fully saturated rings. The molecule has 0 saturated carbocycles. The van der Waals surface area contributed by atoms with Gasteiger partial charge in [0.05, 0.1) is 11.6 Å². The number of nitrogens with zero attached hydrogens (tertiary/aromatic N) is 2. The van der Waals surface area contributed by atoms with E-state index in [0.717, 1.165) is 23.7 Å². The summed E-state index contributed by atoms with van der Waals surface area (Å²) in [5, 5.41) is 19.4. The Bertz CT molecular complexity index is 935. The molecule has 0 aliphatic carbocycles. The van der Waals surface area contributed by atoms with Gasteiger partial charge in [-0.3, -0.25) is 4.79 Å². The predicted octanol–water partition coefficient (Wildman–Crippen LogP) is 4.17. The lowest BCUT2D eigenvalue weighted by molar-refractivity contribution is -0.134.